The highest BCUT2D eigenvalue weighted by Gasteiger charge is 2.17. The van der Waals surface area contributed by atoms with Crippen LogP contribution in [0, 0.1) is 5.92 Å². The maximum Gasteiger partial charge on any atom is 0.0506 e. The van der Waals surface area contributed by atoms with Crippen LogP contribution in [0.25, 0.3) is 0 Å². The van der Waals surface area contributed by atoms with Gasteiger partial charge in [-0.3, -0.25) is 0 Å². The summed E-state index contributed by atoms with van der Waals surface area (Å²) in [6, 6.07) is 0.402. The molecule has 4 nitrogen and oxygen atoms in total. The third-order valence-corrected chi connectivity index (χ3v) is 3.33. The smallest absolute Gasteiger partial charge is 0.0506 e. The van der Waals surface area contributed by atoms with Crippen molar-refractivity contribution >= 4 is 0 Å². The molecular formula is C13H28N2O2. The van der Waals surface area contributed by atoms with Gasteiger partial charge in [0.15, 0.2) is 0 Å². The number of hydrogen-bond donors (Lipinski definition) is 2. The summed E-state index contributed by atoms with van der Waals surface area (Å²) in [5.41, 5.74) is 0. The van der Waals surface area contributed by atoms with Gasteiger partial charge in [-0.2, -0.15) is 0 Å². The van der Waals surface area contributed by atoms with Gasteiger partial charge < -0.3 is 20.1 Å². The molecule has 2 N–H and O–H groups in total. The molecule has 1 saturated heterocycles. The van der Waals surface area contributed by atoms with E-state index in [1.807, 2.05) is 0 Å². The van der Waals surface area contributed by atoms with E-state index in [0.29, 0.717) is 12.0 Å². The minimum atomic E-state index is 0.262. The molecule has 0 radical (unpaired) electrons. The fraction of sp³-hybridized carbons (Fsp3) is 1.00. The molecule has 102 valence electrons. The Kier molecular flexibility index (Phi) is 7.77. The number of nitrogens with one attached hydrogen (secondary N) is 1. The summed E-state index contributed by atoms with van der Waals surface area (Å²) >= 11 is 0. The van der Waals surface area contributed by atoms with Crippen LogP contribution in [0.3, 0.4) is 0 Å². The Bertz CT molecular complexity index is 178. The zero-order valence-corrected chi connectivity index (χ0v) is 11.3. The average molecular weight is 244 g/mol. The first kappa shape index (κ1) is 14.9. The van der Waals surface area contributed by atoms with Crippen LogP contribution in [-0.2, 0) is 4.74 Å². The van der Waals surface area contributed by atoms with Crippen molar-refractivity contribution in [1.82, 2.24) is 10.2 Å². The molecule has 1 fully saturated rings. The van der Waals surface area contributed by atoms with E-state index >= 15 is 0 Å². The summed E-state index contributed by atoms with van der Waals surface area (Å²) in [6.07, 6.45) is 3.32. The van der Waals surface area contributed by atoms with Gasteiger partial charge in [-0.25, -0.2) is 0 Å². The van der Waals surface area contributed by atoms with Crippen molar-refractivity contribution in [2.24, 2.45) is 5.92 Å². The van der Waals surface area contributed by atoms with E-state index in [2.05, 4.69) is 24.2 Å². The lowest BCUT2D eigenvalue weighted by Gasteiger charge is -2.29. The van der Waals surface area contributed by atoms with Gasteiger partial charge in [0.1, 0.15) is 0 Å². The van der Waals surface area contributed by atoms with E-state index in [-0.39, 0.29) is 6.61 Å². The molecule has 0 aromatic heterocycles. The number of rotatable bonds is 8. The van der Waals surface area contributed by atoms with E-state index in [0.717, 1.165) is 39.3 Å². The molecule has 1 aliphatic heterocycles. The van der Waals surface area contributed by atoms with E-state index in [4.69, 9.17) is 9.84 Å². The lowest BCUT2D eigenvalue weighted by atomic mass is 10.0. The molecule has 1 aliphatic rings. The fourth-order valence-electron chi connectivity index (χ4n) is 2.55. The fourth-order valence-corrected chi connectivity index (χ4v) is 2.55. The number of likely N-dealkylation sites (N-methyl/N-ethyl adjacent to an activating group) is 2. The number of nitrogens with zero attached hydrogens (tertiary/aromatic N) is 1. The van der Waals surface area contributed by atoms with Crippen molar-refractivity contribution in [1.29, 1.82) is 0 Å². The van der Waals surface area contributed by atoms with Gasteiger partial charge in [0, 0.05) is 32.3 Å². The summed E-state index contributed by atoms with van der Waals surface area (Å²) in [7, 11) is 2.16. The molecule has 17 heavy (non-hydrogen) atoms. The Hall–Kier alpha value is -0.160. The molecule has 2 unspecified atom stereocenters. The van der Waals surface area contributed by atoms with Crippen LogP contribution < -0.4 is 5.32 Å². The average Bonchev–Trinajstić information content (AvgIpc) is 2.30. The Morgan fingerprint density at radius 3 is 2.94 bits per heavy atom. The van der Waals surface area contributed by atoms with Crippen molar-refractivity contribution in [3.8, 4) is 0 Å². The third-order valence-electron chi connectivity index (χ3n) is 3.33. The summed E-state index contributed by atoms with van der Waals surface area (Å²) in [5.74, 6) is 0.685. The van der Waals surface area contributed by atoms with Crippen LogP contribution in [0.2, 0.25) is 0 Å². The van der Waals surface area contributed by atoms with Crippen LogP contribution in [0.1, 0.15) is 26.2 Å². The van der Waals surface area contributed by atoms with Crippen LogP contribution in [0.5, 0.6) is 0 Å². The minimum Gasteiger partial charge on any atom is -0.396 e. The topological polar surface area (TPSA) is 44.7 Å². The van der Waals surface area contributed by atoms with Gasteiger partial charge in [0.2, 0.25) is 0 Å². The molecule has 0 aromatic rings. The molecule has 0 aliphatic carbocycles. The molecule has 0 amide bonds. The number of aliphatic hydroxyl groups excluding tert-OH is 1. The highest BCUT2D eigenvalue weighted by atomic mass is 16.5. The van der Waals surface area contributed by atoms with E-state index in [1.54, 1.807) is 0 Å². The second kappa shape index (κ2) is 8.86. The standard InChI is InChI=1S/C13H28N2O2/c1-3-14-13(6-7-16)10-15(2)9-12-5-4-8-17-11-12/h12-14,16H,3-11H2,1-2H3. The van der Waals surface area contributed by atoms with Gasteiger partial charge in [0.25, 0.3) is 0 Å². The highest BCUT2D eigenvalue weighted by Crippen LogP contribution is 2.14. The third kappa shape index (κ3) is 6.36. The summed E-state index contributed by atoms with van der Waals surface area (Å²) < 4.78 is 5.50. The maximum atomic E-state index is 9.02. The van der Waals surface area contributed by atoms with Gasteiger partial charge >= 0.3 is 0 Å². The molecule has 4 heteroatoms. The first-order valence-corrected chi connectivity index (χ1v) is 6.86. The molecule has 1 heterocycles. The Labute approximate surface area is 105 Å². The maximum absolute atomic E-state index is 9.02. The van der Waals surface area contributed by atoms with Gasteiger partial charge in [-0.1, -0.05) is 6.92 Å². The van der Waals surface area contributed by atoms with E-state index in [9.17, 15) is 0 Å². The number of aliphatic hydroxyl groups is 1. The van der Waals surface area contributed by atoms with Crippen LogP contribution in [0.4, 0.5) is 0 Å². The van der Waals surface area contributed by atoms with Crippen molar-refractivity contribution in [3.05, 3.63) is 0 Å². The molecule has 0 saturated carbocycles. The van der Waals surface area contributed by atoms with Gasteiger partial charge in [0.05, 0.1) is 6.61 Å². The first-order valence-electron chi connectivity index (χ1n) is 6.86. The van der Waals surface area contributed by atoms with Crippen molar-refractivity contribution < 1.29 is 9.84 Å². The van der Waals surface area contributed by atoms with Crippen molar-refractivity contribution in [2.45, 2.75) is 32.2 Å². The summed E-state index contributed by atoms with van der Waals surface area (Å²) in [6.45, 7) is 7.29. The lowest BCUT2D eigenvalue weighted by molar-refractivity contribution is 0.0406. The Balaban J connectivity index is 2.22. The van der Waals surface area contributed by atoms with E-state index in [1.165, 1.54) is 12.8 Å². The largest absolute Gasteiger partial charge is 0.396 e. The molecular weight excluding hydrogens is 216 g/mol. The lowest BCUT2D eigenvalue weighted by Crippen LogP contribution is -2.42. The zero-order chi connectivity index (χ0) is 12.5. The van der Waals surface area contributed by atoms with E-state index < -0.39 is 0 Å². The quantitative estimate of drug-likeness (QED) is 0.660. The van der Waals surface area contributed by atoms with Crippen LogP contribution in [-0.4, -0.2) is 62.6 Å². The van der Waals surface area contributed by atoms with Crippen molar-refractivity contribution in [2.75, 3.05) is 46.5 Å². The molecule has 0 spiro atoms. The monoisotopic (exact) mass is 244 g/mol. The van der Waals surface area contributed by atoms with Crippen LogP contribution in [0.15, 0.2) is 0 Å². The van der Waals surface area contributed by atoms with Gasteiger partial charge in [-0.15, -0.1) is 0 Å². The SMILES string of the molecule is CCNC(CCO)CN(C)CC1CCCOC1. The first-order chi connectivity index (χ1) is 8.26. The predicted octanol–water partition coefficient (Wildman–Crippen LogP) is 0.705. The summed E-state index contributed by atoms with van der Waals surface area (Å²) in [5, 5.41) is 12.4. The summed E-state index contributed by atoms with van der Waals surface area (Å²) in [4.78, 5) is 2.36. The molecule has 1 rings (SSSR count). The van der Waals surface area contributed by atoms with Crippen LogP contribution >= 0.6 is 0 Å². The highest BCUT2D eigenvalue weighted by molar-refractivity contribution is 4.73. The van der Waals surface area contributed by atoms with Crippen molar-refractivity contribution in [3.63, 3.8) is 0 Å². The molecule has 0 aromatic carbocycles. The molecule has 0 bridgehead atoms. The zero-order valence-electron chi connectivity index (χ0n) is 11.3. The predicted molar refractivity (Wildman–Crippen MR) is 70.2 cm³/mol. The Morgan fingerprint density at radius 2 is 2.35 bits per heavy atom. The second-order valence-electron chi connectivity index (χ2n) is 5.07. The number of ether oxygens (including phenoxy) is 1. The normalized spacial score (nSPS) is 22.9. The molecule has 2 atom stereocenters. The second-order valence-corrected chi connectivity index (χ2v) is 5.07. The Morgan fingerprint density at radius 1 is 1.53 bits per heavy atom. The minimum absolute atomic E-state index is 0.262. The number of hydrogen-bond acceptors (Lipinski definition) is 4. The van der Waals surface area contributed by atoms with Gasteiger partial charge in [-0.05, 0) is 38.8 Å².